The van der Waals surface area contributed by atoms with Crippen LogP contribution in [0.2, 0.25) is 0 Å². The van der Waals surface area contributed by atoms with Crippen LogP contribution in [0.15, 0.2) is 48.5 Å². The standard InChI is InChI=1S/C26H30N2O6/c1-33-15-23(24(29)27-17-8-6-7-16(13-17)25(30)31)28-26(32)34-14-22-20-11-4-2-9-18(20)19-10-3-5-12-21(19)22/h2-5,9-12,16-17,22-23H,6-8,13-15H2,1H3,(H,27,29)(H,28,32)(H,30,31)/t16-,17+,23+/m1/s1. The molecule has 1 fully saturated rings. The van der Waals surface area contributed by atoms with Gasteiger partial charge in [0.25, 0.3) is 0 Å². The monoisotopic (exact) mass is 466 g/mol. The Labute approximate surface area is 198 Å². The molecule has 0 saturated heterocycles. The fourth-order valence-electron chi connectivity index (χ4n) is 4.98. The summed E-state index contributed by atoms with van der Waals surface area (Å²) in [7, 11) is 1.45. The van der Waals surface area contributed by atoms with E-state index >= 15 is 0 Å². The second-order valence-corrected chi connectivity index (χ2v) is 8.89. The highest BCUT2D eigenvalue weighted by Gasteiger charge is 2.32. The molecule has 0 radical (unpaired) electrons. The molecule has 0 unspecified atom stereocenters. The summed E-state index contributed by atoms with van der Waals surface area (Å²) in [6.07, 6.45) is 1.73. The Morgan fingerprint density at radius 2 is 1.68 bits per heavy atom. The van der Waals surface area contributed by atoms with Crippen molar-refractivity contribution in [1.82, 2.24) is 10.6 Å². The van der Waals surface area contributed by atoms with Gasteiger partial charge >= 0.3 is 12.1 Å². The van der Waals surface area contributed by atoms with Gasteiger partial charge in [-0.15, -0.1) is 0 Å². The Balaban J connectivity index is 1.35. The number of benzene rings is 2. The largest absolute Gasteiger partial charge is 0.481 e. The van der Waals surface area contributed by atoms with Crippen LogP contribution < -0.4 is 10.6 Å². The van der Waals surface area contributed by atoms with Gasteiger partial charge < -0.3 is 25.2 Å². The van der Waals surface area contributed by atoms with E-state index in [2.05, 4.69) is 22.8 Å². The lowest BCUT2D eigenvalue weighted by molar-refractivity contribution is -0.143. The molecule has 2 aromatic carbocycles. The summed E-state index contributed by atoms with van der Waals surface area (Å²) in [4.78, 5) is 36.7. The predicted molar refractivity (Wildman–Crippen MR) is 125 cm³/mol. The fourth-order valence-corrected chi connectivity index (χ4v) is 4.98. The number of methoxy groups -OCH3 is 1. The summed E-state index contributed by atoms with van der Waals surface area (Å²) in [5.74, 6) is -1.80. The smallest absolute Gasteiger partial charge is 0.407 e. The molecule has 3 N–H and O–H groups in total. The van der Waals surface area contributed by atoms with Crippen LogP contribution in [-0.2, 0) is 19.1 Å². The van der Waals surface area contributed by atoms with Crippen molar-refractivity contribution < 1.29 is 29.0 Å². The van der Waals surface area contributed by atoms with Crippen molar-refractivity contribution >= 4 is 18.0 Å². The van der Waals surface area contributed by atoms with Crippen molar-refractivity contribution in [1.29, 1.82) is 0 Å². The maximum Gasteiger partial charge on any atom is 0.407 e. The number of aliphatic carboxylic acids is 1. The Kier molecular flexibility index (Phi) is 7.47. The Morgan fingerprint density at radius 1 is 1.03 bits per heavy atom. The van der Waals surface area contributed by atoms with Gasteiger partial charge in [0.05, 0.1) is 12.5 Å². The number of hydrogen-bond donors (Lipinski definition) is 3. The average molecular weight is 467 g/mol. The summed E-state index contributed by atoms with van der Waals surface area (Å²) in [5.41, 5.74) is 4.48. The summed E-state index contributed by atoms with van der Waals surface area (Å²) >= 11 is 0. The summed E-state index contributed by atoms with van der Waals surface area (Å²) in [5, 5.41) is 14.7. The molecule has 8 heteroatoms. The molecule has 2 aromatic rings. The van der Waals surface area contributed by atoms with Crippen LogP contribution in [0.3, 0.4) is 0 Å². The van der Waals surface area contributed by atoms with Crippen LogP contribution in [-0.4, -0.2) is 55.5 Å². The molecule has 0 aromatic heterocycles. The topological polar surface area (TPSA) is 114 Å². The lowest BCUT2D eigenvalue weighted by Gasteiger charge is -2.29. The minimum absolute atomic E-state index is 0.0227. The number of carbonyl (C=O) groups excluding carboxylic acids is 2. The molecule has 2 aliphatic rings. The number of carboxylic acid groups (broad SMARTS) is 1. The third-order valence-corrected chi connectivity index (χ3v) is 6.66. The van der Waals surface area contributed by atoms with Gasteiger partial charge in [0, 0.05) is 19.1 Å². The van der Waals surface area contributed by atoms with Crippen LogP contribution >= 0.6 is 0 Å². The van der Waals surface area contributed by atoms with Gasteiger partial charge in [0.2, 0.25) is 5.91 Å². The van der Waals surface area contributed by atoms with Crippen molar-refractivity contribution in [2.75, 3.05) is 20.3 Å². The summed E-state index contributed by atoms with van der Waals surface area (Å²) < 4.78 is 10.7. The molecular formula is C26H30N2O6. The van der Waals surface area contributed by atoms with E-state index in [-0.39, 0.29) is 25.2 Å². The van der Waals surface area contributed by atoms with E-state index in [1.54, 1.807) is 0 Å². The number of nitrogens with one attached hydrogen (secondary N) is 2. The summed E-state index contributed by atoms with van der Waals surface area (Å²) in [6, 6.07) is 14.9. The molecule has 8 nitrogen and oxygen atoms in total. The zero-order valence-corrected chi connectivity index (χ0v) is 19.2. The Morgan fingerprint density at radius 3 is 2.29 bits per heavy atom. The van der Waals surface area contributed by atoms with Crippen LogP contribution in [0.4, 0.5) is 4.79 Å². The van der Waals surface area contributed by atoms with E-state index in [0.29, 0.717) is 19.3 Å². The van der Waals surface area contributed by atoms with Gasteiger partial charge in [0.15, 0.2) is 0 Å². The van der Waals surface area contributed by atoms with Crippen molar-refractivity contribution in [2.24, 2.45) is 5.92 Å². The number of amides is 2. The molecule has 0 heterocycles. The normalized spacial score (nSPS) is 20.0. The number of ether oxygens (including phenoxy) is 2. The van der Waals surface area contributed by atoms with Crippen LogP contribution in [0, 0.1) is 5.92 Å². The second-order valence-electron chi connectivity index (χ2n) is 8.89. The van der Waals surface area contributed by atoms with E-state index in [1.165, 1.54) is 7.11 Å². The zero-order chi connectivity index (χ0) is 24.1. The van der Waals surface area contributed by atoms with Gasteiger partial charge in [-0.2, -0.15) is 0 Å². The van der Waals surface area contributed by atoms with E-state index in [4.69, 9.17) is 9.47 Å². The molecule has 3 atom stereocenters. The highest BCUT2D eigenvalue weighted by atomic mass is 16.5. The van der Waals surface area contributed by atoms with Crippen LogP contribution in [0.1, 0.15) is 42.7 Å². The number of carboxylic acids is 1. The first kappa shape index (κ1) is 23.8. The molecule has 0 bridgehead atoms. The molecule has 2 amide bonds. The third kappa shape index (κ3) is 5.22. The quantitative estimate of drug-likeness (QED) is 0.550. The number of alkyl carbamates (subject to hydrolysis) is 1. The van der Waals surface area contributed by atoms with E-state index in [1.807, 2.05) is 36.4 Å². The lowest BCUT2D eigenvalue weighted by Crippen LogP contribution is -2.52. The van der Waals surface area contributed by atoms with E-state index in [0.717, 1.165) is 28.7 Å². The molecule has 1 saturated carbocycles. The van der Waals surface area contributed by atoms with Crippen molar-refractivity contribution in [3.05, 3.63) is 59.7 Å². The van der Waals surface area contributed by atoms with Gasteiger partial charge in [-0.05, 0) is 41.5 Å². The molecule has 0 aliphatic heterocycles. The summed E-state index contributed by atoms with van der Waals surface area (Å²) in [6.45, 7) is 0.120. The predicted octanol–water partition coefficient (Wildman–Crippen LogP) is 3.30. The van der Waals surface area contributed by atoms with Gasteiger partial charge in [-0.3, -0.25) is 9.59 Å². The number of hydrogen-bond acceptors (Lipinski definition) is 5. The molecular weight excluding hydrogens is 436 g/mol. The second kappa shape index (κ2) is 10.7. The molecule has 0 spiro atoms. The first-order chi connectivity index (χ1) is 16.5. The fraction of sp³-hybridized carbons (Fsp3) is 0.423. The third-order valence-electron chi connectivity index (χ3n) is 6.66. The van der Waals surface area contributed by atoms with Crippen molar-refractivity contribution in [3.63, 3.8) is 0 Å². The maximum atomic E-state index is 12.8. The van der Waals surface area contributed by atoms with Gasteiger partial charge in [-0.25, -0.2) is 4.79 Å². The highest BCUT2D eigenvalue weighted by molar-refractivity contribution is 5.86. The van der Waals surface area contributed by atoms with Crippen LogP contribution in [0.5, 0.6) is 0 Å². The Hall–Kier alpha value is -3.39. The molecule has 4 rings (SSSR count). The van der Waals surface area contributed by atoms with Gasteiger partial charge in [-0.1, -0.05) is 55.0 Å². The van der Waals surface area contributed by atoms with Crippen LogP contribution in [0.25, 0.3) is 11.1 Å². The van der Waals surface area contributed by atoms with Crippen molar-refractivity contribution in [3.8, 4) is 11.1 Å². The zero-order valence-electron chi connectivity index (χ0n) is 19.2. The minimum atomic E-state index is -0.939. The number of carbonyl (C=O) groups is 3. The van der Waals surface area contributed by atoms with Crippen molar-refractivity contribution in [2.45, 2.75) is 43.7 Å². The van der Waals surface area contributed by atoms with E-state index < -0.39 is 29.9 Å². The minimum Gasteiger partial charge on any atom is -0.481 e. The first-order valence-electron chi connectivity index (χ1n) is 11.6. The molecule has 34 heavy (non-hydrogen) atoms. The highest BCUT2D eigenvalue weighted by Crippen LogP contribution is 2.44. The van der Waals surface area contributed by atoms with E-state index in [9.17, 15) is 19.5 Å². The maximum absolute atomic E-state index is 12.8. The SMILES string of the molecule is COC[C@H](NC(=O)OCC1c2ccccc2-c2ccccc21)C(=O)N[C@H]1CCC[C@@H](C(=O)O)C1. The average Bonchev–Trinajstić information content (AvgIpc) is 3.16. The molecule has 180 valence electrons. The first-order valence-corrected chi connectivity index (χ1v) is 11.6. The van der Waals surface area contributed by atoms with Gasteiger partial charge in [0.1, 0.15) is 12.6 Å². The number of fused-ring (bicyclic) bond motifs is 3. The lowest BCUT2D eigenvalue weighted by atomic mass is 9.85. The molecule has 2 aliphatic carbocycles. The Bertz CT molecular complexity index is 1010. The number of rotatable bonds is 8.